The lowest BCUT2D eigenvalue weighted by Crippen LogP contribution is -2.36. The Hall–Kier alpha value is -2.58. The van der Waals surface area contributed by atoms with E-state index in [4.69, 9.17) is 9.47 Å². The highest BCUT2D eigenvalue weighted by Gasteiger charge is 2.22. The maximum absolute atomic E-state index is 12.6. The van der Waals surface area contributed by atoms with Gasteiger partial charge in [0.15, 0.2) is 0 Å². The summed E-state index contributed by atoms with van der Waals surface area (Å²) in [6, 6.07) is 12.0. The number of ether oxygens (including phenoxy) is 2. The normalized spacial score (nSPS) is 14.8. The lowest BCUT2D eigenvalue weighted by Gasteiger charge is -2.22. The van der Waals surface area contributed by atoms with Crippen LogP contribution in [-0.2, 0) is 16.4 Å². The van der Waals surface area contributed by atoms with Gasteiger partial charge in [0, 0.05) is 12.6 Å². The van der Waals surface area contributed by atoms with Crippen LogP contribution in [0.25, 0.3) is 0 Å². The molecule has 0 radical (unpaired) electrons. The van der Waals surface area contributed by atoms with Gasteiger partial charge in [0.1, 0.15) is 17.1 Å². The molecule has 1 amide bonds. The van der Waals surface area contributed by atoms with Crippen LogP contribution in [0.4, 0.5) is 0 Å². The average molecular weight is 447 g/mol. The highest BCUT2D eigenvalue weighted by molar-refractivity contribution is 7.89. The molecule has 168 valence electrons. The molecule has 31 heavy (non-hydrogen) atoms. The van der Waals surface area contributed by atoms with Crippen molar-refractivity contribution in [2.24, 2.45) is 0 Å². The van der Waals surface area contributed by atoms with E-state index in [1.54, 1.807) is 42.5 Å². The Morgan fingerprint density at radius 3 is 2.16 bits per heavy atom. The summed E-state index contributed by atoms with van der Waals surface area (Å²) in [5.41, 5.74) is 1.28. The van der Waals surface area contributed by atoms with Gasteiger partial charge < -0.3 is 14.8 Å². The molecule has 0 atom stereocenters. The first-order chi connectivity index (χ1) is 14.9. The van der Waals surface area contributed by atoms with Gasteiger partial charge in [-0.15, -0.1) is 0 Å². The van der Waals surface area contributed by atoms with E-state index in [1.165, 1.54) is 20.6 Å². The molecule has 0 bridgehead atoms. The Kier molecular flexibility index (Phi) is 7.92. The van der Waals surface area contributed by atoms with Gasteiger partial charge in [-0.3, -0.25) is 4.79 Å². The zero-order chi connectivity index (χ0) is 22.3. The SMILES string of the molecule is COc1cccc(OC)c1C(=O)NCCc1ccc(S(=O)(=O)NC2CCCCC2)cc1. The second kappa shape index (κ2) is 10.6. The second-order valence-electron chi connectivity index (χ2n) is 7.64. The molecule has 0 unspecified atom stereocenters. The molecule has 0 aliphatic heterocycles. The summed E-state index contributed by atoms with van der Waals surface area (Å²) in [6.45, 7) is 0.395. The molecule has 1 aliphatic carbocycles. The van der Waals surface area contributed by atoms with Crippen molar-refractivity contribution in [3.63, 3.8) is 0 Å². The molecule has 2 aromatic carbocycles. The number of nitrogens with one attached hydrogen (secondary N) is 2. The number of carbonyl (C=O) groups is 1. The van der Waals surface area contributed by atoms with Crippen LogP contribution >= 0.6 is 0 Å². The fourth-order valence-electron chi connectivity index (χ4n) is 3.83. The van der Waals surface area contributed by atoms with E-state index in [9.17, 15) is 13.2 Å². The fourth-order valence-corrected chi connectivity index (χ4v) is 5.13. The Morgan fingerprint density at radius 2 is 1.58 bits per heavy atom. The molecular weight excluding hydrogens is 416 g/mol. The molecular formula is C23H30N2O5S. The number of benzene rings is 2. The van der Waals surface area contributed by atoms with Crippen LogP contribution in [-0.4, -0.2) is 41.1 Å². The first-order valence-corrected chi connectivity index (χ1v) is 12.0. The number of hydrogen-bond donors (Lipinski definition) is 2. The van der Waals surface area contributed by atoms with E-state index in [0.29, 0.717) is 30.0 Å². The zero-order valence-corrected chi connectivity index (χ0v) is 18.8. The van der Waals surface area contributed by atoms with Crippen LogP contribution in [0.15, 0.2) is 47.4 Å². The van der Waals surface area contributed by atoms with E-state index >= 15 is 0 Å². The number of methoxy groups -OCH3 is 2. The summed E-state index contributed by atoms with van der Waals surface area (Å²) >= 11 is 0. The third-order valence-electron chi connectivity index (χ3n) is 5.51. The Bertz CT molecular complexity index is 961. The van der Waals surface area contributed by atoms with Gasteiger partial charge in [-0.05, 0) is 49.1 Å². The van der Waals surface area contributed by atoms with Crippen LogP contribution in [0.2, 0.25) is 0 Å². The summed E-state index contributed by atoms with van der Waals surface area (Å²) in [4.78, 5) is 12.9. The van der Waals surface area contributed by atoms with E-state index in [2.05, 4.69) is 10.0 Å². The van der Waals surface area contributed by atoms with Crippen molar-refractivity contribution in [1.82, 2.24) is 10.0 Å². The minimum absolute atomic E-state index is 0.0283. The van der Waals surface area contributed by atoms with Gasteiger partial charge in [0.25, 0.3) is 5.91 Å². The summed E-state index contributed by atoms with van der Waals surface area (Å²) in [7, 11) is -0.501. The topological polar surface area (TPSA) is 93.7 Å². The average Bonchev–Trinajstić information content (AvgIpc) is 2.79. The highest BCUT2D eigenvalue weighted by Crippen LogP contribution is 2.28. The number of amides is 1. The third kappa shape index (κ3) is 5.98. The monoisotopic (exact) mass is 446 g/mol. The predicted molar refractivity (Wildman–Crippen MR) is 119 cm³/mol. The van der Waals surface area contributed by atoms with Crippen molar-refractivity contribution in [2.45, 2.75) is 49.5 Å². The quantitative estimate of drug-likeness (QED) is 0.617. The van der Waals surface area contributed by atoms with Crippen molar-refractivity contribution in [2.75, 3.05) is 20.8 Å². The van der Waals surface area contributed by atoms with Crippen LogP contribution in [0.3, 0.4) is 0 Å². The first kappa shape index (κ1) is 23.1. The Morgan fingerprint density at radius 1 is 0.968 bits per heavy atom. The fraction of sp³-hybridized carbons (Fsp3) is 0.435. The highest BCUT2D eigenvalue weighted by atomic mass is 32.2. The van der Waals surface area contributed by atoms with Gasteiger partial charge in [0.05, 0.1) is 19.1 Å². The van der Waals surface area contributed by atoms with E-state index < -0.39 is 10.0 Å². The number of hydrogen-bond acceptors (Lipinski definition) is 5. The van der Waals surface area contributed by atoms with Crippen LogP contribution < -0.4 is 19.5 Å². The molecule has 0 saturated heterocycles. The van der Waals surface area contributed by atoms with E-state index in [0.717, 1.165) is 31.2 Å². The van der Waals surface area contributed by atoms with Crippen molar-refractivity contribution < 1.29 is 22.7 Å². The molecule has 1 aliphatic rings. The van der Waals surface area contributed by atoms with E-state index in [-0.39, 0.29) is 16.8 Å². The van der Waals surface area contributed by atoms with Crippen molar-refractivity contribution in [1.29, 1.82) is 0 Å². The van der Waals surface area contributed by atoms with Gasteiger partial charge in [-0.1, -0.05) is 37.5 Å². The van der Waals surface area contributed by atoms with Gasteiger partial charge in [-0.2, -0.15) is 0 Å². The van der Waals surface area contributed by atoms with Crippen LogP contribution in [0.1, 0.15) is 48.0 Å². The van der Waals surface area contributed by atoms with Gasteiger partial charge in [0.2, 0.25) is 10.0 Å². The molecule has 2 aromatic rings. The summed E-state index contributed by atoms with van der Waals surface area (Å²) in [5.74, 6) is 0.596. The minimum atomic E-state index is -3.51. The largest absolute Gasteiger partial charge is 0.496 e. The summed E-state index contributed by atoms with van der Waals surface area (Å²) in [5, 5.41) is 2.87. The minimum Gasteiger partial charge on any atom is -0.496 e. The lowest BCUT2D eigenvalue weighted by atomic mass is 9.96. The number of rotatable bonds is 9. The van der Waals surface area contributed by atoms with Gasteiger partial charge in [-0.25, -0.2) is 13.1 Å². The van der Waals surface area contributed by atoms with Crippen molar-refractivity contribution in [3.05, 3.63) is 53.6 Å². The smallest absolute Gasteiger partial charge is 0.258 e. The maximum atomic E-state index is 12.6. The first-order valence-electron chi connectivity index (χ1n) is 10.5. The molecule has 2 N–H and O–H groups in total. The third-order valence-corrected chi connectivity index (χ3v) is 7.05. The molecule has 0 heterocycles. The second-order valence-corrected chi connectivity index (χ2v) is 9.36. The number of sulfonamides is 1. The Labute approximate surface area is 184 Å². The molecule has 1 saturated carbocycles. The van der Waals surface area contributed by atoms with E-state index in [1.807, 2.05) is 0 Å². The Balaban J connectivity index is 1.57. The van der Waals surface area contributed by atoms with Crippen LogP contribution in [0, 0.1) is 0 Å². The van der Waals surface area contributed by atoms with Crippen molar-refractivity contribution in [3.8, 4) is 11.5 Å². The molecule has 0 spiro atoms. The molecule has 3 rings (SSSR count). The standard InChI is InChI=1S/C23H30N2O5S/c1-29-20-9-6-10-21(30-2)22(20)23(26)24-16-15-17-11-13-19(14-12-17)31(27,28)25-18-7-4-3-5-8-18/h6,9-14,18,25H,3-5,7-8,15-16H2,1-2H3,(H,24,26). The molecule has 1 fully saturated rings. The number of carbonyl (C=O) groups excluding carboxylic acids is 1. The lowest BCUT2D eigenvalue weighted by molar-refractivity contribution is 0.0948. The van der Waals surface area contributed by atoms with Crippen LogP contribution in [0.5, 0.6) is 11.5 Å². The maximum Gasteiger partial charge on any atom is 0.258 e. The van der Waals surface area contributed by atoms with Crippen molar-refractivity contribution >= 4 is 15.9 Å². The van der Waals surface area contributed by atoms with Gasteiger partial charge >= 0.3 is 0 Å². The molecule has 0 aromatic heterocycles. The molecule has 7 nitrogen and oxygen atoms in total. The summed E-state index contributed by atoms with van der Waals surface area (Å²) < 4.78 is 38.6. The predicted octanol–water partition coefficient (Wildman–Crippen LogP) is 3.29. The summed E-state index contributed by atoms with van der Waals surface area (Å²) in [6.07, 6.45) is 5.67. The molecule has 8 heteroatoms. The zero-order valence-electron chi connectivity index (χ0n) is 18.0.